The Kier molecular flexibility index (Phi) is 2.79. The Morgan fingerprint density at radius 3 is 2.60 bits per heavy atom. The molecule has 1 heterocycles. The number of carbonyl (C=O) groups is 1. The Bertz CT molecular complexity index is 625. The fraction of sp³-hybridized carbons (Fsp3) is 0.471. The Morgan fingerprint density at radius 1 is 1.20 bits per heavy atom. The molecule has 0 spiro atoms. The SMILES string of the molecule is O=C(NCC(C1CC1)C1CC1)c1c[nH]c2ccccc12. The average molecular weight is 268 g/mol. The molecule has 3 nitrogen and oxygen atoms in total. The number of nitrogens with one attached hydrogen (secondary N) is 2. The Morgan fingerprint density at radius 2 is 1.90 bits per heavy atom. The van der Waals surface area contributed by atoms with Gasteiger partial charge in [0.25, 0.3) is 5.91 Å². The van der Waals surface area contributed by atoms with Crippen LogP contribution in [0.15, 0.2) is 30.5 Å². The molecule has 1 amide bonds. The van der Waals surface area contributed by atoms with Crippen molar-refractivity contribution in [2.75, 3.05) is 6.54 Å². The maximum atomic E-state index is 12.4. The molecule has 104 valence electrons. The Labute approximate surface area is 118 Å². The van der Waals surface area contributed by atoms with Gasteiger partial charge >= 0.3 is 0 Å². The van der Waals surface area contributed by atoms with E-state index in [0.717, 1.165) is 40.8 Å². The van der Waals surface area contributed by atoms with Crippen LogP contribution in [0.25, 0.3) is 10.9 Å². The Hall–Kier alpha value is -1.77. The minimum absolute atomic E-state index is 0.0637. The van der Waals surface area contributed by atoms with Crippen molar-refractivity contribution in [2.45, 2.75) is 25.7 Å². The van der Waals surface area contributed by atoms with Crippen molar-refractivity contribution >= 4 is 16.8 Å². The summed E-state index contributed by atoms with van der Waals surface area (Å²) in [7, 11) is 0. The van der Waals surface area contributed by atoms with E-state index in [2.05, 4.69) is 10.3 Å². The standard InChI is InChI=1S/C17H20N2O/c20-17(15-10-18-16-4-2-1-3-13(15)16)19-9-14(11-5-6-11)12-7-8-12/h1-4,10-12,14,18H,5-9H2,(H,19,20). The fourth-order valence-electron chi connectivity index (χ4n) is 3.33. The molecule has 1 aromatic heterocycles. The van der Waals surface area contributed by atoms with Crippen LogP contribution in [0.1, 0.15) is 36.0 Å². The van der Waals surface area contributed by atoms with Gasteiger partial charge in [-0.3, -0.25) is 4.79 Å². The van der Waals surface area contributed by atoms with E-state index in [-0.39, 0.29) is 5.91 Å². The first-order valence-electron chi connectivity index (χ1n) is 7.67. The minimum atomic E-state index is 0.0637. The second-order valence-corrected chi connectivity index (χ2v) is 6.30. The fourth-order valence-corrected chi connectivity index (χ4v) is 3.33. The van der Waals surface area contributed by atoms with Crippen molar-refractivity contribution in [3.63, 3.8) is 0 Å². The molecule has 2 N–H and O–H groups in total. The van der Waals surface area contributed by atoms with E-state index in [1.165, 1.54) is 25.7 Å². The maximum Gasteiger partial charge on any atom is 0.253 e. The molecular formula is C17H20N2O. The quantitative estimate of drug-likeness (QED) is 0.858. The zero-order valence-corrected chi connectivity index (χ0v) is 11.6. The molecule has 0 radical (unpaired) electrons. The smallest absolute Gasteiger partial charge is 0.253 e. The van der Waals surface area contributed by atoms with Gasteiger partial charge < -0.3 is 10.3 Å². The number of rotatable bonds is 5. The van der Waals surface area contributed by atoms with Gasteiger partial charge in [-0.15, -0.1) is 0 Å². The summed E-state index contributed by atoms with van der Waals surface area (Å²) >= 11 is 0. The summed E-state index contributed by atoms with van der Waals surface area (Å²) in [5.74, 6) is 2.55. The van der Waals surface area contributed by atoms with E-state index >= 15 is 0 Å². The molecule has 2 aliphatic rings. The zero-order chi connectivity index (χ0) is 13.5. The molecule has 2 aromatic rings. The van der Waals surface area contributed by atoms with Crippen LogP contribution in [0.2, 0.25) is 0 Å². The van der Waals surface area contributed by atoms with Gasteiger partial charge in [0, 0.05) is 23.6 Å². The third kappa shape index (κ3) is 2.21. The summed E-state index contributed by atoms with van der Waals surface area (Å²) in [5.41, 5.74) is 1.80. The number of hydrogen-bond donors (Lipinski definition) is 2. The first-order chi connectivity index (χ1) is 9.83. The van der Waals surface area contributed by atoms with Gasteiger partial charge in [0.1, 0.15) is 0 Å². The summed E-state index contributed by atoms with van der Waals surface area (Å²) in [6.07, 6.45) is 7.28. The number of benzene rings is 1. The van der Waals surface area contributed by atoms with Gasteiger partial charge in [-0.25, -0.2) is 0 Å². The molecule has 20 heavy (non-hydrogen) atoms. The normalized spacial score (nSPS) is 18.6. The summed E-state index contributed by atoms with van der Waals surface area (Å²) < 4.78 is 0. The van der Waals surface area contributed by atoms with Crippen molar-refractivity contribution in [1.29, 1.82) is 0 Å². The highest BCUT2D eigenvalue weighted by molar-refractivity contribution is 6.06. The van der Waals surface area contributed by atoms with E-state index in [1.807, 2.05) is 30.5 Å². The number of H-pyrrole nitrogens is 1. The number of para-hydroxylation sites is 1. The lowest BCUT2D eigenvalue weighted by Crippen LogP contribution is -2.31. The number of fused-ring (bicyclic) bond motifs is 1. The average Bonchev–Trinajstić information content (AvgIpc) is 3.38. The molecular weight excluding hydrogens is 248 g/mol. The van der Waals surface area contributed by atoms with Crippen LogP contribution in [0.3, 0.4) is 0 Å². The van der Waals surface area contributed by atoms with Crippen molar-refractivity contribution in [2.24, 2.45) is 17.8 Å². The second kappa shape index (κ2) is 4.65. The molecule has 0 unspecified atom stereocenters. The number of hydrogen-bond acceptors (Lipinski definition) is 1. The van der Waals surface area contributed by atoms with Crippen LogP contribution in [-0.2, 0) is 0 Å². The predicted molar refractivity (Wildman–Crippen MR) is 79.6 cm³/mol. The molecule has 2 fully saturated rings. The highest BCUT2D eigenvalue weighted by Gasteiger charge is 2.41. The highest BCUT2D eigenvalue weighted by Crippen LogP contribution is 2.48. The lowest BCUT2D eigenvalue weighted by atomic mass is 9.98. The van der Waals surface area contributed by atoms with Crippen molar-refractivity contribution < 1.29 is 4.79 Å². The monoisotopic (exact) mass is 268 g/mol. The van der Waals surface area contributed by atoms with Crippen LogP contribution in [0.4, 0.5) is 0 Å². The molecule has 0 atom stereocenters. The lowest BCUT2D eigenvalue weighted by molar-refractivity contribution is 0.0945. The number of carbonyl (C=O) groups excluding carboxylic acids is 1. The van der Waals surface area contributed by atoms with Gasteiger partial charge in [0.15, 0.2) is 0 Å². The molecule has 0 bridgehead atoms. The van der Waals surface area contributed by atoms with Gasteiger partial charge in [0.05, 0.1) is 5.56 Å². The highest BCUT2D eigenvalue weighted by atomic mass is 16.1. The molecule has 2 aliphatic carbocycles. The number of aromatic amines is 1. The third-order valence-electron chi connectivity index (χ3n) is 4.79. The second-order valence-electron chi connectivity index (χ2n) is 6.30. The first kappa shape index (κ1) is 12.0. The Balaban J connectivity index is 1.47. The minimum Gasteiger partial charge on any atom is -0.360 e. The van der Waals surface area contributed by atoms with Crippen LogP contribution >= 0.6 is 0 Å². The molecule has 0 saturated heterocycles. The summed E-state index contributed by atoms with van der Waals surface area (Å²) in [6, 6.07) is 7.96. The molecule has 0 aliphatic heterocycles. The van der Waals surface area contributed by atoms with E-state index in [0.29, 0.717) is 0 Å². The van der Waals surface area contributed by atoms with Crippen molar-refractivity contribution in [3.8, 4) is 0 Å². The van der Waals surface area contributed by atoms with Gasteiger partial charge in [0.2, 0.25) is 0 Å². The maximum absolute atomic E-state index is 12.4. The van der Waals surface area contributed by atoms with Crippen LogP contribution in [0.5, 0.6) is 0 Å². The topological polar surface area (TPSA) is 44.9 Å². The van der Waals surface area contributed by atoms with Crippen LogP contribution in [0, 0.1) is 17.8 Å². The van der Waals surface area contributed by atoms with Gasteiger partial charge in [-0.1, -0.05) is 18.2 Å². The summed E-state index contributed by atoms with van der Waals surface area (Å²) in [5, 5.41) is 4.17. The van der Waals surface area contributed by atoms with Crippen molar-refractivity contribution in [1.82, 2.24) is 10.3 Å². The molecule has 4 rings (SSSR count). The summed E-state index contributed by atoms with van der Waals surface area (Å²) in [4.78, 5) is 15.5. The van der Waals surface area contributed by atoms with Gasteiger partial charge in [-0.05, 0) is 49.5 Å². The number of aromatic nitrogens is 1. The zero-order valence-electron chi connectivity index (χ0n) is 11.6. The van der Waals surface area contributed by atoms with Crippen LogP contribution < -0.4 is 5.32 Å². The molecule has 3 heteroatoms. The first-order valence-corrected chi connectivity index (χ1v) is 7.67. The van der Waals surface area contributed by atoms with Crippen molar-refractivity contribution in [3.05, 3.63) is 36.0 Å². The number of amides is 1. The molecule has 2 saturated carbocycles. The van der Waals surface area contributed by atoms with Gasteiger partial charge in [-0.2, -0.15) is 0 Å². The summed E-state index contributed by atoms with van der Waals surface area (Å²) in [6.45, 7) is 0.855. The predicted octanol–water partition coefficient (Wildman–Crippen LogP) is 3.33. The van der Waals surface area contributed by atoms with E-state index in [9.17, 15) is 4.79 Å². The lowest BCUT2D eigenvalue weighted by Gasteiger charge is -2.16. The molecule has 1 aromatic carbocycles. The van der Waals surface area contributed by atoms with E-state index < -0.39 is 0 Å². The largest absolute Gasteiger partial charge is 0.360 e. The van der Waals surface area contributed by atoms with E-state index in [1.54, 1.807) is 0 Å². The van der Waals surface area contributed by atoms with Crippen LogP contribution in [-0.4, -0.2) is 17.4 Å². The third-order valence-corrected chi connectivity index (χ3v) is 4.79. The van der Waals surface area contributed by atoms with E-state index in [4.69, 9.17) is 0 Å².